The summed E-state index contributed by atoms with van der Waals surface area (Å²) in [4.78, 5) is 14.3. The molecule has 1 atom stereocenters. The summed E-state index contributed by atoms with van der Waals surface area (Å²) >= 11 is 0. The molecular formula is C15H25N3O. The molecule has 1 amide bonds. The van der Waals surface area contributed by atoms with Gasteiger partial charge in [-0.25, -0.2) is 0 Å². The van der Waals surface area contributed by atoms with Gasteiger partial charge in [0.25, 0.3) is 5.91 Å². The second-order valence-electron chi connectivity index (χ2n) is 5.49. The Balaban J connectivity index is 2.70. The molecule has 0 bridgehead atoms. The molecule has 1 rings (SSSR count). The van der Waals surface area contributed by atoms with E-state index in [4.69, 9.17) is 5.73 Å². The van der Waals surface area contributed by atoms with Gasteiger partial charge in [0.2, 0.25) is 0 Å². The van der Waals surface area contributed by atoms with Gasteiger partial charge in [0.05, 0.1) is 0 Å². The maximum Gasteiger partial charge on any atom is 0.251 e. The summed E-state index contributed by atoms with van der Waals surface area (Å²) in [5, 5.41) is 3.09. The molecule has 3 N–H and O–H groups in total. The quantitative estimate of drug-likeness (QED) is 0.817. The zero-order valence-corrected chi connectivity index (χ0v) is 12.3. The topological polar surface area (TPSA) is 58.4 Å². The second-order valence-corrected chi connectivity index (χ2v) is 5.49. The van der Waals surface area contributed by atoms with Crippen LogP contribution in [0.3, 0.4) is 0 Å². The number of nitrogens with zero attached hydrogens (tertiary/aromatic N) is 1. The molecule has 0 aliphatic heterocycles. The average Bonchev–Trinajstić information content (AvgIpc) is 2.37. The molecule has 0 aliphatic carbocycles. The number of hydrogen-bond acceptors (Lipinski definition) is 3. The third-order valence-electron chi connectivity index (χ3n) is 3.13. The van der Waals surface area contributed by atoms with Crippen molar-refractivity contribution in [2.24, 2.45) is 11.7 Å². The first-order valence-electron chi connectivity index (χ1n) is 6.68. The van der Waals surface area contributed by atoms with Gasteiger partial charge in [-0.3, -0.25) is 4.79 Å². The van der Waals surface area contributed by atoms with Crippen LogP contribution in [0.5, 0.6) is 0 Å². The monoisotopic (exact) mass is 263 g/mol. The normalized spacial score (nSPS) is 12.8. The van der Waals surface area contributed by atoms with Gasteiger partial charge in [-0.1, -0.05) is 26.0 Å². The van der Waals surface area contributed by atoms with Crippen LogP contribution in [-0.4, -0.2) is 37.5 Å². The van der Waals surface area contributed by atoms with E-state index < -0.39 is 0 Å². The van der Waals surface area contributed by atoms with Crippen LogP contribution >= 0.6 is 0 Å². The lowest BCUT2D eigenvalue weighted by Crippen LogP contribution is -2.45. The van der Waals surface area contributed by atoms with Gasteiger partial charge in [0.15, 0.2) is 0 Å². The molecule has 0 aliphatic rings. The van der Waals surface area contributed by atoms with E-state index in [1.165, 1.54) is 0 Å². The van der Waals surface area contributed by atoms with Crippen LogP contribution in [0.15, 0.2) is 24.3 Å². The molecule has 0 saturated carbocycles. The minimum atomic E-state index is -0.0240. The third kappa shape index (κ3) is 5.01. The Bertz CT molecular complexity index is 398. The van der Waals surface area contributed by atoms with E-state index in [1.54, 1.807) is 0 Å². The highest BCUT2D eigenvalue weighted by Gasteiger charge is 2.17. The molecule has 1 aromatic carbocycles. The number of carbonyl (C=O) groups excluding carboxylic acids is 1. The van der Waals surface area contributed by atoms with E-state index in [-0.39, 0.29) is 11.9 Å². The van der Waals surface area contributed by atoms with Crippen LogP contribution in [0.1, 0.15) is 29.8 Å². The van der Waals surface area contributed by atoms with E-state index >= 15 is 0 Å². The van der Waals surface area contributed by atoms with Crippen molar-refractivity contribution in [1.29, 1.82) is 0 Å². The first-order chi connectivity index (χ1) is 8.93. The number of carbonyl (C=O) groups is 1. The molecule has 1 unspecified atom stereocenters. The highest BCUT2D eigenvalue weighted by atomic mass is 16.1. The number of nitrogens with one attached hydrogen (secondary N) is 1. The number of rotatable bonds is 6. The fourth-order valence-electron chi connectivity index (χ4n) is 1.86. The Morgan fingerprint density at radius 3 is 2.26 bits per heavy atom. The van der Waals surface area contributed by atoms with Crippen molar-refractivity contribution in [3.8, 4) is 0 Å². The van der Waals surface area contributed by atoms with Crippen molar-refractivity contribution in [3.63, 3.8) is 0 Å². The van der Waals surface area contributed by atoms with E-state index in [0.717, 1.165) is 12.1 Å². The number of likely N-dealkylation sites (N-methyl/N-ethyl adjacent to an activating group) is 1. The smallest absolute Gasteiger partial charge is 0.251 e. The summed E-state index contributed by atoms with van der Waals surface area (Å²) in [6, 6.07) is 7.59. The summed E-state index contributed by atoms with van der Waals surface area (Å²) < 4.78 is 0. The highest BCUT2D eigenvalue weighted by Crippen LogP contribution is 2.07. The van der Waals surface area contributed by atoms with Gasteiger partial charge in [-0.15, -0.1) is 0 Å². The van der Waals surface area contributed by atoms with Gasteiger partial charge < -0.3 is 16.0 Å². The molecule has 0 radical (unpaired) electrons. The fraction of sp³-hybridized carbons (Fsp3) is 0.533. The maximum absolute atomic E-state index is 12.2. The van der Waals surface area contributed by atoms with Crippen LogP contribution in [-0.2, 0) is 6.54 Å². The van der Waals surface area contributed by atoms with Crippen LogP contribution < -0.4 is 11.1 Å². The SMILES string of the molecule is CC(C)C(CN(C)C)NC(=O)c1ccc(CN)cc1. The van der Waals surface area contributed by atoms with E-state index in [0.29, 0.717) is 18.0 Å². The summed E-state index contributed by atoms with van der Waals surface area (Å²) in [6.07, 6.45) is 0. The lowest BCUT2D eigenvalue weighted by Gasteiger charge is -2.25. The predicted octanol–water partition coefficient (Wildman–Crippen LogP) is 1.46. The molecule has 0 aromatic heterocycles. The third-order valence-corrected chi connectivity index (χ3v) is 3.13. The van der Waals surface area contributed by atoms with Crippen molar-refractivity contribution < 1.29 is 4.79 Å². The largest absolute Gasteiger partial charge is 0.348 e. The van der Waals surface area contributed by atoms with Gasteiger partial charge in [-0.2, -0.15) is 0 Å². The van der Waals surface area contributed by atoms with E-state index in [2.05, 4.69) is 24.1 Å². The molecule has 0 fully saturated rings. The number of nitrogens with two attached hydrogens (primary N) is 1. The van der Waals surface area contributed by atoms with Gasteiger partial charge in [-0.05, 0) is 37.7 Å². The van der Waals surface area contributed by atoms with Crippen molar-refractivity contribution in [2.75, 3.05) is 20.6 Å². The Labute approximate surface area is 116 Å². The maximum atomic E-state index is 12.2. The van der Waals surface area contributed by atoms with Crippen molar-refractivity contribution in [2.45, 2.75) is 26.4 Å². The first kappa shape index (κ1) is 15.7. The molecule has 0 saturated heterocycles. The lowest BCUT2D eigenvalue weighted by molar-refractivity contribution is 0.0916. The van der Waals surface area contributed by atoms with Gasteiger partial charge in [0, 0.05) is 24.7 Å². The zero-order chi connectivity index (χ0) is 14.4. The minimum Gasteiger partial charge on any atom is -0.348 e. The molecule has 106 valence electrons. The first-order valence-corrected chi connectivity index (χ1v) is 6.68. The highest BCUT2D eigenvalue weighted by molar-refractivity contribution is 5.94. The van der Waals surface area contributed by atoms with Crippen molar-refractivity contribution >= 4 is 5.91 Å². The lowest BCUT2D eigenvalue weighted by atomic mass is 10.0. The Kier molecular flexibility index (Phi) is 5.99. The molecule has 4 heteroatoms. The van der Waals surface area contributed by atoms with Crippen LogP contribution in [0, 0.1) is 5.92 Å². The van der Waals surface area contributed by atoms with Crippen molar-refractivity contribution in [1.82, 2.24) is 10.2 Å². The number of benzene rings is 1. The average molecular weight is 263 g/mol. The van der Waals surface area contributed by atoms with Crippen LogP contribution in [0.4, 0.5) is 0 Å². The standard InChI is InChI=1S/C15H25N3O/c1-11(2)14(10-18(3)4)17-15(19)13-7-5-12(9-16)6-8-13/h5-8,11,14H,9-10,16H2,1-4H3,(H,17,19). The minimum absolute atomic E-state index is 0.0240. The van der Waals surface area contributed by atoms with Crippen LogP contribution in [0.25, 0.3) is 0 Å². The Hall–Kier alpha value is -1.39. The second kappa shape index (κ2) is 7.26. The summed E-state index contributed by atoms with van der Waals surface area (Å²) in [5.41, 5.74) is 7.26. The van der Waals surface area contributed by atoms with Gasteiger partial charge in [0.1, 0.15) is 0 Å². The van der Waals surface area contributed by atoms with E-state index in [9.17, 15) is 4.79 Å². The summed E-state index contributed by atoms with van der Waals surface area (Å²) in [7, 11) is 4.02. The molecule has 1 aromatic rings. The summed E-state index contributed by atoms with van der Waals surface area (Å²) in [6.45, 7) is 5.57. The Morgan fingerprint density at radius 2 is 1.84 bits per heavy atom. The van der Waals surface area contributed by atoms with Gasteiger partial charge >= 0.3 is 0 Å². The van der Waals surface area contributed by atoms with Crippen LogP contribution in [0.2, 0.25) is 0 Å². The van der Waals surface area contributed by atoms with E-state index in [1.807, 2.05) is 38.4 Å². The predicted molar refractivity (Wildman–Crippen MR) is 79.0 cm³/mol. The molecule has 0 spiro atoms. The van der Waals surface area contributed by atoms with Crippen molar-refractivity contribution in [3.05, 3.63) is 35.4 Å². The summed E-state index contributed by atoms with van der Waals surface area (Å²) in [5.74, 6) is 0.374. The molecule has 4 nitrogen and oxygen atoms in total. The molecular weight excluding hydrogens is 238 g/mol. The number of amides is 1. The number of hydrogen-bond donors (Lipinski definition) is 2. The molecule has 0 heterocycles. The molecule has 19 heavy (non-hydrogen) atoms. The Morgan fingerprint density at radius 1 is 1.26 bits per heavy atom. The zero-order valence-electron chi connectivity index (χ0n) is 12.3. The fourth-order valence-corrected chi connectivity index (χ4v) is 1.86.